The van der Waals surface area contributed by atoms with Crippen LogP contribution in [0.2, 0.25) is 0 Å². The van der Waals surface area contributed by atoms with Crippen LogP contribution in [0.1, 0.15) is 87.3 Å². The van der Waals surface area contributed by atoms with Gasteiger partial charge < -0.3 is 18.0 Å². The third kappa shape index (κ3) is 19.0. The minimum absolute atomic E-state index is 0. The number of ether oxygens (including phenoxy) is 1. The van der Waals surface area contributed by atoms with Gasteiger partial charge in [0.1, 0.15) is 0 Å². The van der Waals surface area contributed by atoms with Gasteiger partial charge in [-0.3, -0.25) is 18.9 Å². The van der Waals surface area contributed by atoms with Crippen LogP contribution < -0.4 is 64.4 Å². The average Bonchev–Trinajstić information content (AvgIpc) is 2.56. The molecule has 0 fully saturated rings. The van der Waals surface area contributed by atoms with Crippen LogP contribution in [0.4, 0.5) is 0 Å². The SMILES string of the molecule is CCCCCCCCCCCC(=O)NC(C)OC(=O)C(CC(=O)O)S(=O)(=O)O.[H-].[H-].[Na+].[Na+]. The van der Waals surface area contributed by atoms with Gasteiger partial charge in [-0.15, -0.1) is 0 Å². The van der Waals surface area contributed by atoms with Gasteiger partial charge >= 0.3 is 71.1 Å². The van der Waals surface area contributed by atoms with Crippen molar-refractivity contribution in [1.29, 1.82) is 0 Å². The number of amides is 1. The number of esters is 1. The second-order valence-corrected chi connectivity index (χ2v) is 8.43. The minimum atomic E-state index is -4.93. The van der Waals surface area contributed by atoms with E-state index in [-0.39, 0.29) is 74.3 Å². The maximum absolute atomic E-state index is 11.8. The Balaban J connectivity index is -0.000000607. The van der Waals surface area contributed by atoms with Crippen LogP contribution in [0.25, 0.3) is 0 Å². The summed E-state index contributed by atoms with van der Waals surface area (Å²) in [6.07, 6.45) is 7.96. The molecule has 0 bridgehead atoms. The summed E-state index contributed by atoms with van der Waals surface area (Å²) in [5.41, 5.74) is 0. The molecule has 0 aromatic heterocycles. The van der Waals surface area contributed by atoms with Crippen molar-refractivity contribution in [3.05, 3.63) is 0 Å². The Morgan fingerprint density at radius 1 is 0.967 bits per heavy atom. The molecule has 2 atom stereocenters. The van der Waals surface area contributed by atoms with Crippen LogP contribution in [0.15, 0.2) is 0 Å². The van der Waals surface area contributed by atoms with Crippen molar-refractivity contribution in [2.75, 3.05) is 0 Å². The summed E-state index contributed by atoms with van der Waals surface area (Å²) in [6, 6.07) is 0. The first-order valence-corrected chi connectivity index (χ1v) is 11.3. The maximum Gasteiger partial charge on any atom is 1.00 e. The predicted octanol–water partition coefficient (Wildman–Crippen LogP) is -3.12. The second kappa shape index (κ2) is 20.0. The smallest absolute Gasteiger partial charge is 1.00 e. The molecule has 2 unspecified atom stereocenters. The van der Waals surface area contributed by atoms with E-state index in [0.29, 0.717) is 6.42 Å². The van der Waals surface area contributed by atoms with Crippen molar-refractivity contribution >= 4 is 28.0 Å². The first kappa shape index (κ1) is 34.9. The molecule has 0 aromatic carbocycles. The van der Waals surface area contributed by atoms with Gasteiger partial charge in [-0.2, -0.15) is 8.42 Å². The number of carbonyl (C=O) groups excluding carboxylic acids is 2. The van der Waals surface area contributed by atoms with Crippen LogP contribution in [-0.2, 0) is 29.2 Å². The van der Waals surface area contributed by atoms with Gasteiger partial charge in [0.05, 0.1) is 6.42 Å². The largest absolute Gasteiger partial charge is 1.00 e. The van der Waals surface area contributed by atoms with E-state index in [4.69, 9.17) is 14.4 Å². The normalized spacial score (nSPS) is 12.6. The van der Waals surface area contributed by atoms with Crippen LogP contribution in [0.5, 0.6) is 0 Å². The first-order chi connectivity index (χ1) is 13.1. The number of hydrogen-bond donors (Lipinski definition) is 3. The van der Waals surface area contributed by atoms with Gasteiger partial charge in [-0.1, -0.05) is 58.3 Å². The fourth-order valence-electron chi connectivity index (χ4n) is 2.64. The van der Waals surface area contributed by atoms with Gasteiger partial charge in [0.15, 0.2) is 11.5 Å². The Morgan fingerprint density at radius 3 is 1.87 bits per heavy atom. The van der Waals surface area contributed by atoms with Crippen LogP contribution >= 0.6 is 0 Å². The quantitative estimate of drug-likeness (QED) is 0.0704. The molecular weight excluding hydrogens is 436 g/mol. The van der Waals surface area contributed by atoms with Crippen molar-refractivity contribution in [1.82, 2.24) is 5.32 Å². The number of nitrogens with one attached hydrogen (secondary N) is 1. The monoisotopic (exact) mass is 471 g/mol. The van der Waals surface area contributed by atoms with E-state index in [1.165, 1.54) is 39.0 Å². The summed E-state index contributed by atoms with van der Waals surface area (Å²) in [4.78, 5) is 34.2. The van der Waals surface area contributed by atoms with Gasteiger partial charge in [0, 0.05) is 6.42 Å². The van der Waals surface area contributed by atoms with Crippen molar-refractivity contribution in [3.8, 4) is 0 Å². The number of unbranched alkanes of at least 4 members (excludes halogenated alkanes) is 8. The number of carboxylic acid groups (broad SMARTS) is 1. The Bertz CT molecular complexity index is 612. The molecule has 0 aliphatic rings. The third-order valence-corrected chi connectivity index (χ3v) is 5.23. The molecule has 3 N–H and O–H groups in total. The summed E-state index contributed by atoms with van der Waals surface area (Å²) in [7, 11) is -4.93. The van der Waals surface area contributed by atoms with Gasteiger partial charge in [-0.25, -0.2) is 0 Å². The summed E-state index contributed by atoms with van der Waals surface area (Å²) in [5.74, 6) is -3.37. The van der Waals surface area contributed by atoms with Crippen LogP contribution in [0.3, 0.4) is 0 Å². The van der Waals surface area contributed by atoms with Gasteiger partial charge in [0.2, 0.25) is 5.91 Å². The Kier molecular flexibility index (Phi) is 23.2. The summed E-state index contributed by atoms with van der Waals surface area (Å²) < 4.78 is 35.9. The number of carbonyl (C=O) groups is 3. The molecular formula is C18H35NNa2O8S. The molecule has 168 valence electrons. The topological polar surface area (TPSA) is 147 Å². The van der Waals surface area contributed by atoms with E-state index >= 15 is 0 Å². The molecule has 0 heterocycles. The van der Waals surface area contributed by atoms with Gasteiger partial charge in [-0.05, 0) is 13.3 Å². The Morgan fingerprint density at radius 2 is 1.43 bits per heavy atom. The zero-order valence-corrected chi connectivity index (χ0v) is 23.5. The Labute approximate surface area is 226 Å². The van der Waals surface area contributed by atoms with E-state index < -0.39 is 40.0 Å². The Hall–Kier alpha value is 0.320. The molecule has 0 aliphatic heterocycles. The van der Waals surface area contributed by atoms with E-state index in [1.54, 1.807) is 0 Å². The maximum atomic E-state index is 11.8. The third-order valence-electron chi connectivity index (χ3n) is 4.15. The number of hydrogen-bond acceptors (Lipinski definition) is 6. The van der Waals surface area contributed by atoms with Crippen molar-refractivity contribution in [3.63, 3.8) is 0 Å². The van der Waals surface area contributed by atoms with Crippen LogP contribution in [0, 0.1) is 0 Å². The summed E-state index contributed by atoms with van der Waals surface area (Å²) >= 11 is 0. The summed E-state index contributed by atoms with van der Waals surface area (Å²) in [5, 5.41) is 8.79. The first-order valence-electron chi connectivity index (χ1n) is 9.75. The van der Waals surface area contributed by atoms with Gasteiger partial charge in [0.25, 0.3) is 10.1 Å². The number of rotatable bonds is 16. The summed E-state index contributed by atoms with van der Waals surface area (Å²) in [6.45, 7) is 3.49. The van der Waals surface area contributed by atoms with Crippen LogP contribution in [-0.4, -0.2) is 47.4 Å². The fraction of sp³-hybridized carbons (Fsp3) is 0.833. The molecule has 9 nitrogen and oxygen atoms in total. The van der Waals surface area contributed by atoms with Crippen molar-refractivity contribution < 1.29 is 99.2 Å². The van der Waals surface area contributed by atoms with E-state index in [9.17, 15) is 22.8 Å². The van der Waals surface area contributed by atoms with E-state index in [2.05, 4.69) is 12.2 Å². The molecule has 0 aliphatic carbocycles. The fourth-order valence-corrected chi connectivity index (χ4v) is 3.30. The molecule has 0 saturated carbocycles. The average molecular weight is 472 g/mol. The predicted molar refractivity (Wildman–Crippen MR) is 105 cm³/mol. The number of aliphatic carboxylic acids is 1. The minimum Gasteiger partial charge on any atom is -1.00 e. The molecule has 0 saturated heterocycles. The molecule has 0 radical (unpaired) electrons. The molecule has 0 rings (SSSR count). The molecule has 1 amide bonds. The second-order valence-electron chi connectivity index (χ2n) is 6.83. The number of carboxylic acids is 1. The zero-order valence-electron chi connectivity index (χ0n) is 20.7. The standard InChI is InChI=1S/C18H33NO8S.2Na.2H/c1-3-4-5-6-7-8-9-10-11-12-16(20)19-14(2)27-18(23)15(13-17(21)22)28(24,25)26;;;;/h14-15H,3-13H2,1-2H3,(H,19,20)(H,21,22)(H,24,25,26);;;;/q;2*+1;2*-1. The molecule has 30 heavy (non-hydrogen) atoms. The zero-order chi connectivity index (χ0) is 21.6. The van der Waals surface area contributed by atoms with Crippen molar-refractivity contribution in [2.24, 2.45) is 0 Å². The molecule has 0 spiro atoms. The molecule has 12 heteroatoms. The van der Waals surface area contributed by atoms with E-state index in [0.717, 1.165) is 19.3 Å². The van der Waals surface area contributed by atoms with Crippen molar-refractivity contribution in [2.45, 2.75) is 96.0 Å². The molecule has 0 aromatic rings. The van der Waals surface area contributed by atoms with E-state index in [1.807, 2.05) is 0 Å².